The van der Waals surface area contributed by atoms with Gasteiger partial charge in [-0.3, -0.25) is 4.72 Å². The van der Waals surface area contributed by atoms with Crippen LogP contribution >= 0.6 is 11.6 Å². The molecule has 2 aromatic carbocycles. The highest BCUT2D eigenvalue weighted by molar-refractivity contribution is 7.92. The highest BCUT2D eigenvalue weighted by atomic mass is 35.5. The maximum Gasteiger partial charge on any atom is 0.229 e. The van der Waals surface area contributed by atoms with Crippen molar-refractivity contribution in [3.05, 3.63) is 59.8 Å². The van der Waals surface area contributed by atoms with Gasteiger partial charge in [-0.2, -0.15) is 4.98 Å². The average Bonchev–Trinajstić information content (AvgIpc) is 2.86. The molecule has 198 valence electrons. The zero-order chi connectivity index (χ0) is 26.3. The number of piperazine rings is 1. The van der Waals surface area contributed by atoms with Gasteiger partial charge < -0.3 is 25.2 Å². The van der Waals surface area contributed by atoms with Gasteiger partial charge in [0.05, 0.1) is 30.4 Å². The van der Waals surface area contributed by atoms with E-state index in [0.29, 0.717) is 34.8 Å². The summed E-state index contributed by atoms with van der Waals surface area (Å²) in [4.78, 5) is 13.5. The van der Waals surface area contributed by atoms with Crippen LogP contribution in [-0.4, -0.2) is 80.8 Å². The summed E-state index contributed by atoms with van der Waals surface area (Å²) < 4.78 is 31.8. The maximum atomic E-state index is 11.7. The quantitative estimate of drug-likeness (QED) is 0.308. The molecule has 12 heteroatoms. The molecule has 1 aromatic heterocycles. The van der Waals surface area contributed by atoms with Gasteiger partial charge in [0, 0.05) is 38.4 Å². The smallest absolute Gasteiger partial charge is 0.229 e. The number of halogens is 1. The summed E-state index contributed by atoms with van der Waals surface area (Å²) in [5.74, 6) is 1.47. The molecule has 0 saturated carbocycles. The van der Waals surface area contributed by atoms with E-state index in [1.54, 1.807) is 24.3 Å². The van der Waals surface area contributed by atoms with E-state index >= 15 is 0 Å². The fourth-order valence-corrected chi connectivity index (χ4v) is 4.55. The van der Waals surface area contributed by atoms with Crippen molar-refractivity contribution in [2.45, 2.75) is 6.42 Å². The summed E-state index contributed by atoms with van der Waals surface area (Å²) in [7, 11) is -1.29. The van der Waals surface area contributed by atoms with Crippen molar-refractivity contribution in [1.82, 2.24) is 19.8 Å². The van der Waals surface area contributed by atoms with Gasteiger partial charge in [0.1, 0.15) is 10.8 Å². The molecule has 3 aromatic rings. The van der Waals surface area contributed by atoms with Crippen LogP contribution in [0.4, 0.5) is 28.8 Å². The third-order valence-electron chi connectivity index (χ3n) is 5.81. The van der Waals surface area contributed by atoms with E-state index in [1.165, 1.54) is 6.20 Å². The lowest BCUT2D eigenvalue weighted by atomic mass is 10.2. The van der Waals surface area contributed by atoms with Crippen LogP contribution in [0.2, 0.25) is 5.02 Å². The van der Waals surface area contributed by atoms with Crippen molar-refractivity contribution >= 4 is 50.5 Å². The van der Waals surface area contributed by atoms with Crippen LogP contribution in [0, 0.1) is 0 Å². The average molecular weight is 546 g/mol. The summed E-state index contributed by atoms with van der Waals surface area (Å²) in [6.45, 7) is 6.20. The highest BCUT2D eigenvalue weighted by Gasteiger charge is 2.13. The molecule has 37 heavy (non-hydrogen) atoms. The van der Waals surface area contributed by atoms with E-state index in [1.807, 2.05) is 24.3 Å². The Balaban J connectivity index is 1.32. The van der Waals surface area contributed by atoms with E-state index in [0.717, 1.165) is 56.8 Å². The van der Waals surface area contributed by atoms with Gasteiger partial charge in [-0.05, 0) is 49.9 Å². The minimum Gasteiger partial charge on any atom is -0.494 e. The van der Waals surface area contributed by atoms with Gasteiger partial charge in [0.25, 0.3) is 0 Å². The number of para-hydroxylation sites is 2. The number of nitrogens with one attached hydrogen (secondary N) is 3. The Morgan fingerprint density at radius 2 is 1.70 bits per heavy atom. The summed E-state index contributed by atoms with van der Waals surface area (Å²) in [6.07, 6.45) is 3.55. The van der Waals surface area contributed by atoms with Gasteiger partial charge in [0.2, 0.25) is 16.0 Å². The molecule has 0 spiro atoms. The van der Waals surface area contributed by atoms with E-state index in [9.17, 15) is 8.42 Å². The monoisotopic (exact) mass is 545 g/mol. The summed E-state index contributed by atoms with van der Waals surface area (Å²) in [6, 6.07) is 14.5. The highest BCUT2D eigenvalue weighted by Crippen LogP contribution is 2.29. The van der Waals surface area contributed by atoms with Gasteiger partial charge in [0.15, 0.2) is 5.82 Å². The largest absolute Gasteiger partial charge is 0.494 e. The Bertz CT molecular complexity index is 1280. The number of hydrogen-bond acceptors (Lipinski definition) is 9. The zero-order valence-electron chi connectivity index (χ0n) is 20.9. The SMILES string of the molecule is CN1CCN(CCCOc2ccc(Nc3ncc(Cl)c(Nc4ccccc4NS(C)(=O)=O)n3)cc2)CC1. The Morgan fingerprint density at radius 3 is 2.41 bits per heavy atom. The first kappa shape index (κ1) is 26.9. The predicted octanol–water partition coefficient (Wildman–Crippen LogP) is 4.01. The molecule has 1 fully saturated rings. The molecule has 10 nitrogen and oxygen atoms in total. The molecule has 0 bridgehead atoms. The second-order valence-corrected chi connectivity index (χ2v) is 11.1. The molecule has 3 N–H and O–H groups in total. The standard InChI is InChI=1S/C25H32ClN7O3S/c1-32-13-15-33(16-14-32)12-5-17-36-20-10-8-19(9-11-20)28-25-27-18-21(26)24(30-25)29-22-6-3-4-7-23(22)31-37(2,34)35/h3-4,6-11,18,31H,5,12-17H2,1-2H3,(H2,27,28,29,30). The first-order valence-corrected chi connectivity index (χ1v) is 14.3. The van der Waals surface area contributed by atoms with E-state index in [4.69, 9.17) is 16.3 Å². The lowest BCUT2D eigenvalue weighted by Gasteiger charge is -2.32. The minimum absolute atomic E-state index is 0.292. The number of nitrogens with zero attached hydrogens (tertiary/aromatic N) is 4. The van der Waals surface area contributed by atoms with Crippen LogP contribution in [0.1, 0.15) is 6.42 Å². The van der Waals surface area contributed by atoms with Gasteiger partial charge >= 0.3 is 0 Å². The van der Waals surface area contributed by atoms with Crippen LogP contribution in [0.5, 0.6) is 5.75 Å². The molecule has 0 radical (unpaired) electrons. The molecule has 2 heterocycles. The number of aromatic nitrogens is 2. The number of anilines is 5. The van der Waals surface area contributed by atoms with Crippen molar-refractivity contribution in [1.29, 1.82) is 0 Å². The maximum absolute atomic E-state index is 11.7. The lowest BCUT2D eigenvalue weighted by Crippen LogP contribution is -2.44. The van der Waals surface area contributed by atoms with Crippen molar-refractivity contribution in [2.24, 2.45) is 0 Å². The van der Waals surface area contributed by atoms with Crippen LogP contribution in [0.15, 0.2) is 54.7 Å². The number of benzene rings is 2. The minimum atomic E-state index is -3.45. The van der Waals surface area contributed by atoms with Gasteiger partial charge in [-0.25, -0.2) is 13.4 Å². The normalized spacial score (nSPS) is 14.8. The summed E-state index contributed by atoms with van der Waals surface area (Å²) in [5, 5.41) is 6.52. The molecule has 0 atom stereocenters. The Kier molecular flexibility index (Phi) is 9.04. The number of likely N-dealkylation sites (N-methyl/N-ethyl adjacent to an activating group) is 1. The zero-order valence-corrected chi connectivity index (χ0v) is 22.5. The van der Waals surface area contributed by atoms with Crippen LogP contribution in [0.25, 0.3) is 0 Å². The fraction of sp³-hybridized carbons (Fsp3) is 0.360. The third kappa shape index (κ3) is 8.46. The van der Waals surface area contributed by atoms with Crippen molar-refractivity contribution in [3.8, 4) is 5.75 Å². The summed E-state index contributed by atoms with van der Waals surface area (Å²) >= 11 is 6.30. The van der Waals surface area contributed by atoms with Crippen molar-refractivity contribution < 1.29 is 13.2 Å². The first-order valence-electron chi connectivity index (χ1n) is 12.0. The number of rotatable bonds is 11. The van der Waals surface area contributed by atoms with Crippen molar-refractivity contribution in [3.63, 3.8) is 0 Å². The molecule has 1 aliphatic heterocycles. The Hall–Kier alpha value is -3.12. The molecule has 1 aliphatic rings. The lowest BCUT2D eigenvalue weighted by molar-refractivity contribution is 0.145. The van der Waals surface area contributed by atoms with Crippen LogP contribution in [0.3, 0.4) is 0 Å². The number of sulfonamides is 1. The van der Waals surface area contributed by atoms with E-state index in [2.05, 4.69) is 42.2 Å². The number of hydrogen-bond donors (Lipinski definition) is 3. The Labute approximate surface area is 223 Å². The van der Waals surface area contributed by atoms with Crippen LogP contribution in [-0.2, 0) is 10.0 Å². The molecule has 0 aliphatic carbocycles. The van der Waals surface area contributed by atoms with Crippen LogP contribution < -0.4 is 20.1 Å². The molecule has 4 rings (SSSR count). The number of ether oxygens (including phenoxy) is 1. The van der Waals surface area contributed by atoms with E-state index in [-0.39, 0.29) is 0 Å². The Morgan fingerprint density at radius 1 is 1.00 bits per heavy atom. The second kappa shape index (κ2) is 12.4. The predicted molar refractivity (Wildman–Crippen MR) is 149 cm³/mol. The second-order valence-electron chi connectivity index (χ2n) is 8.93. The third-order valence-corrected chi connectivity index (χ3v) is 6.68. The molecular formula is C25H32ClN7O3S. The first-order chi connectivity index (χ1) is 17.7. The van der Waals surface area contributed by atoms with Crippen molar-refractivity contribution in [2.75, 3.05) is 68.0 Å². The topological polar surface area (TPSA) is 112 Å². The molecule has 1 saturated heterocycles. The molecular weight excluding hydrogens is 514 g/mol. The van der Waals surface area contributed by atoms with E-state index < -0.39 is 10.0 Å². The van der Waals surface area contributed by atoms with Gasteiger partial charge in [-0.15, -0.1) is 0 Å². The molecule has 0 amide bonds. The molecule has 0 unspecified atom stereocenters. The fourth-order valence-electron chi connectivity index (χ4n) is 3.84. The van der Waals surface area contributed by atoms with Gasteiger partial charge in [-0.1, -0.05) is 23.7 Å². The summed E-state index contributed by atoms with van der Waals surface area (Å²) in [5.41, 5.74) is 1.68.